The highest BCUT2D eigenvalue weighted by Gasteiger charge is 2.44. The summed E-state index contributed by atoms with van der Waals surface area (Å²) >= 11 is 0. The van der Waals surface area contributed by atoms with E-state index in [2.05, 4.69) is 4.90 Å². The molecule has 3 aromatic rings. The van der Waals surface area contributed by atoms with Gasteiger partial charge in [-0.25, -0.2) is 9.78 Å². The summed E-state index contributed by atoms with van der Waals surface area (Å²) in [7, 11) is 1.51. The molecule has 3 aliphatic rings. The number of aliphatic carboxylic acids is 1. The van der Waals surface area contributed by atoms with Gasteiger partial charge in [-0.05, 0) is 98.5 Å². The zero-order valence-corrected chi connectivity index (χ0v) is 27.0. The van der Waals surface area contributed by atoms with E-state index in [1.54, 1.807) is 6.07 Å². The summed E-state index contributed by atoms with van der Waals surface area (Å²) in [6, 6.07) is 7.83. The van der Waals surface area contributed by atoms with Crippen LogP contribution in [0.15, 0.2) is 42.5 Å². The van der Waals surface area contributed by atoms with Crippen LogP contribution in [0.25, 0.3) is 11.1 Å². The van der Waals surface area contributed by atoms with Crippen molar-refractivity contribution in [1.29, 1.82) is 0 Å². The van der Waals surface area contributed by atoms with Gasteiger partial charge >= 0.3 is 24.4 Å². The van der Waals surface area contributed by atoms with Crippen molar-refractivity contribution in [2.24, 2.45) is 5.92 Å². The largest absolute Gasteiger partial charge is 0.496 e. The molecule has 1 aliphatic carbocycles. The Morgan fingerprint density at radius 3 is 2.22 bits per heavy atom. The van der Waals surface area contributed by atoms with Gasteiger partial charge < -0.3 is 19.5 Å². The first-order valence-electron chi connectivity index (χ1n) is 16.0. The first kappa shape index (κ1) is 34.4. The number of carboxylic acids is 1. The minimum absolute atomic E-state index is 0.00576. The number of amides is 1. The zero-order valence-electron chi connectivity index (χ0n) is 27.0. The molecule has 49 heavy (non-hydrogen) atoms. The first-order valence-corrected chi connectivity index (χ1v) is 16.0. The SMILES string of the molecule is COc1ccc([C@@H]2CC[C@@H](C(=O)O)C2)cc1-c1c(C)cc(N2CCC2)nc1CN1C(=O)O[C@H](c2cc(C(F)(F)F)cc(C(F)(F)F)c2)C1C. The number of aryl methyl sites for hydroxylation is 1. The summed E-state index contributed by atoms with van der Waals surface area (Å²) in [6.07, 6.45) is -9.72. The fourth-order valence-electron chi connectivity index (χ4n) is 7.06. The van der Waals surface area contributed by atoms with Crippen LogP contribution in [-0.2, 0) is 28.4 Å². The highest BCUT2D eigenvalue weighted by Crippen LogP contribution is 2.45. The van der Waals surface area contributed by atoms with Crippen LogP contribution in [-0.4, -0.2) is 53.3 Å². The number of nitrogens with zero attached hydrogens (tertiary/aromatic N) is 3. The zero-order chi connectivity index (χ0) is 35.4. The number of ether oxygens (including phenoxy) is 2. The molecule has 0 bridgehead atoms. The van der Waals surface area contributed by atoms with Crippen LogP contribution < -0.4 is 9.64 Å². The highest BCUT2D eigenvalue weighted by molar-refractivity contribution is 5.79. The number of carboxylic acid groups (broad SMARTS) is 1. The number of cyclic esters (lactones) is 1. The van der Waals surface area contributed by atoms with Crippen LogP contribution in [0.5, 0.6) is 5.75 Å². The van der Waals surface area contributed by atoms with Crippen molar-refractivity contribution in [3.05, 3.63) is 76.0 Å². The number of carbonyl (C=O) groups is 2. The second kappa shape index (κ2) is 12.8. The predicted octanol–water partition coefficient (Wildman–Crippen LogP) is 8.36. The molecule has 1 saturated carbocycles. The average molecular weight is 692 g/mol. The van der Waals surface area contributed by atoms with E-state index >= 15 is 0 Å². The van der Waals surface area contributed by atoms with E-state index in [0.29, 0.717) is 59.8 Å². The monoisotopic (exact) mass is 691 g/mol. The molecule has 2 saturated heterocycles. The van der Waals surface area contributed by atoms with Crippen molar-refractivity contribution in [2.75, 3.05) is 25.1 Å². The third kappa shape index (κ3) is 6.73. The van der Waals surface area contributed by atoms with Gasteiger partial charge in [-0.15, -0.1) is 0 Å². The molecule has 1 unspecified atom stereocenters. The fourth-order valence-corrected chi connectivity index (χ4v) is 7.06. The van der Waals surface area contributed by atoms with Crippen molar-refractivity contribution in [1.82, 2.24) is 9.88 Å². The molecule has 6 rings (SSSR count). The van der Waals surface area contributed by atoms with Gasteiger partial charge in [-0.3, -0.25) is 9.69 Å². The molecule has 0 radical (unpaired) electrons. The summed E-state index contributed by atoms with van der Waals surface area (Å²) in [6.45, 7) is 4.80. The van der Waals surface area contributed by atoms with Crippen LogP contribution in [0.3, 0.4) is 0 Å². The maximum Gasteiger partial charge on any atom is 0.416 e. The first-order chi connectivity index (χ1) is 23.0. The van der Waals surface area contributed by atoms with E-state index in [-0.39, 0.29) is 18.5 Å². The van der Waals surface area contributed by atoms with Gasteiger partial charge in [-0.1, -0.05) is 6.07 Å². The fraction of sp³-hybridized carbons (Fsp3) is 0.457. The molecule has 2 aliphatic heterocycles. The molecule has 0 spiro atoms. The predicted molar refractivity (Wildman–Crippen MR) is 166 cm³/mol. The Hall–Kier alpha value is -4.49. The Kier molecular flexibility index (Phi) is 8.95. The van der Waals surface area contributed by atoms with Gasteiger partial charge in [0.05, 0.1) is 42.4 Å². The molecular formula is C35H35F6N3O5. The smallest absolute Gasteiger partial charge is 0.416 e. The number of hydrogen-bond acceptors (Lipinski definition) is 6. The minimum atomic E-state index is -5.06. The van der Waals surface area contributed by atoms with Crippen LogP contribution >= 0.6 is 0 Å². The van der Waals surface area contributed by atoms with Gasteiger partial charge in [0.2, 0.25) is 0 Å². The van der Waals surface area contributed by atoms with Crippen LogP contribution in [0.4, 0.5) is 37.0 Å². The second-order valence-electron chi connectivity index (χ2n) is 13.0. The maximum atomic E-state index is 13.7. The lowest BCUT2D eigenvalue weighted by Crippen LogP contribution is -2.38. The normalized spacial score (nSPS) is 22.7. The van der Waals surface area contributed by atoms with Crippen molar-refractivity contribution >= 4 is 17.9 Å². The van der Waals surface area contributed by atoms with E-state index < -0.39 is 59.2 Å². The molecule has 1 N–H and O–H groups in total. The van der Waals surface area contributed by atoms with Crippen molar-refractivity contribution < 1.29 is 50.5 Å². The summed E-state index contributed by atoms with van der Waals surface area (Å²) < 4.78 is 93.1. The topological polar surface area (TPSA) is 92.2 Å². The lowest BCUT2D eigenvalue weighted by molar-refractivity contribution is -0.143. The summed E-state index contributed by atoms with van der Waals surface area (Å²) in [5.41, 5.74) is 0.0782. The van der Waals surface area contributed by atoms with Crippen LogP contribution in [0, 0.1) is 12.8 Å². The van der Waals surface area contributed by atoms with E-state index in [0.717, 1.165) is 30.6 Å². The van der Waals surface area contributed by atoms with Gasteiger partial charge in [0.1, 0.15) is 17.7 Å². The Labute approximate surface area is 278 Å². The van der Waals surface area contributed by atoms with E-state index in [1.807, 2.05) is 25.1 Å². The second-order valence-corrected chi connectivity index (χ2v) is 13.0. The number of methoxy groups -OCH3 is 1. The van der Waals surface area contributed by atoms with Crippen molar-refractivity contribution in [3.8, 4) is 16.9 Å². The van der Waals surface area contributed by atoms with Gasteiger partial charge in [-0.2, -0.15) is 26.3 Å². The Morgan fingerprint density at radius 1 is 1.00 bits per heavy atom. The number of benzene rings is 2. The quantitative estimate of drug-likeness (QED) is 0.238. The molecule has 1 aromatic heterocycles. The number of alkyl halides is 6. The van der Waals surface area contributed by atoms with Crippen molar-refractivity contribution in [3.63, 3.8) is 0 Å². The lowest BCUT2D eigenvalue weighted by atomic mass is 9.90. The molecule has 8 nitrogen and oxygen atoms in total. The number of anilines is 1. The summed E-state index contributed by atoms with van der Waals surface area (Å²) in [4.78, 5) is 33.3. The third-order valence-electron chi connectivity index (χ3n) is 9.85. The maximum absolute atomic E-state index is 13.7. The third-order valence-corrected chi connectivity index (χ3v) is 9.85. The van der Waals surface area contributed by atoms with Gasteiger partial charge in [0.25, 0.3) is 0 Å². The molecule has 3 fully saturated rings. The Morgan fingerprint density at radius 2 is 1.67 bits per heavy atom. The number of halogens is 6. The van der Waals surface area contributed by atoms with E-state index in [9.17, 15) is 41.0 Å². The highest BCUT2D eigenvalue weighted by atomic mass is 19.4. The number of pyridine rings is 1. The Bertz CT molecular complexity index is 1740. The molecule has 14 heteroatoms. The molecule has 1 amide bonds. The lowest BCUT2D eigenvalue weighted by Gasteiger charge is -2.33. The number of carbonyl (C=O) groups excluding carboxylic acids is 1. The molecule has 3 heterocycles. The van der Waals surface area contributed by atoms with Gasteiger partial charge in [0.15, 0.2) is 0 Å². The molecular weight excluding hydrogens is 656 g/mol. The Balaban J connectivity index is 1.40. The van der Waals surface area contributed by atoms with Gasteiger partial charge in [0, 0.05) is 24.2 Å². The van der Waals surface area contributed by atoms with E-state index in [4.69, 9.17) is 14.5 Å². The molecule has 262 valence electrons. The van der Waals surface area contributed by atoms with Crippen LogP contribution in [0.2, 0.25) is 0 Å². The summed E-state index contributed by atoms with van der Waals surface area (Å²) in [5, 5.41) is 9.56. The number of aromatic nitrogens is 1. The van der Waals surface area contributed by atoms with E-state index in [1.165, 1.54) is 18.9 Å². The van der Waals surface area contributed by atoms with Crippen LogP contribution in [0.1, 0.15) is 78.1 Å². The molecule has 2 aromatic carbocycles. The summed E-state index contributed by atoms with van der Waals surface area (Å²) in [5.74, 6) is -0.0823. The molecule has 4 atom stereocenters. The number of hydrogen-bond donors (Lipinski definition) is 1. The standard InChI is InChI=1S/C35H35F6N3O5/c1-18-11-29(43-9-4-10-43)42-27(30(18)26-15-21(7-8-28(26)48-3)20-5-6-22(12-20)32(45)46)17-44-19(2)31(49-33(44)47)23-13-24(34(36,37)38)16-25(14-23)35(39,40)41/h7-8,11,13-16,19-20,22,31H,4-6,9-10,12,17H2,1-3H3,(H,45,46)/t19?,20-,22-,31+/m1/s1. The van der Waals surface area contributed by atoms with Crippen molar-refractivity contribution in [2.45, 2.75) is 76.5 Å². The average Bonchev–Trinajstić information content (AvgIpc) is 3.60. The minimum Gasteiger partial charge on any atom is -0.496 e. The number of rotatable bonds is 8.